The molecule has 0 aromatic heterocycles. The predicted molar refractivity (Wildman–Crippen MR) is 77.1 cm³/mol. The molecule has 1 aromatic rings. The van der Waals surface area contributed by atoms with E-state index in [-0.39, 0.29) is 18.9 Å². The van der Waals surface area contributed by atoms with Crippen molar-refractivity contribution in [3.63, 3.8) is 0 Å². The first-order valence-electron chi connectivity index (χ1n) is 7.10. The van der Waals surface area contributed by atoms with Crippen molar-refractivity contribution in [2.24, 2.45) is 11.7 Å². The summed E-state index contributed by atoms with van der Waals surface area (Å²) < 4.78 is 45.4. The van der Waals surface area contributed by atoms with Gasteiger partial charge in [-0.3, -0.25) is 0 Å². The van der Waals surface area contributed by atoms with Crippen LogP contribution in [0.2, 0.25) is 0 Å². The second kappa shape index (κ2) is 5.16. The van der Waals surface area contributed by atoms with E-state index in [2.05, 4.69) is 15.9 Å². The van der Waals surface area contributed by atoms with E-state index in [9.17, 15) is 13.2 Å². The van der Waals surface area contributed by atoms with Gasteiger partial charge in [0.25, 0.3) is 0 Å². The molecular formula is C15H17BrF3NO. The van der Waals surface area contributed by atoms with E-state index in [1.54, 1.807) is 0 Å². The second-order valence-corrected chi connectivity index (χ2v) is 7.01. The highest BCUT2D eigenvalue weighted by molar-refractivity contribution is 9.10. The molecule has 2 nitrogen and oxygen atoms in total. The van der Waals surface area contributed by atoms with Crippen LogP contribution in [-0.2, 0) is 0 Å². The first-order valence-corrected chi connectivity index (χ1v) is 7.89. The number of ether oxygens (including phenoxy) is 1. The van der Waals surface area contributed by atoms with Crippen LogP contribution in [0.25, 0.3) is 0 Å². The number of hydrogen-bond donors (Lipinski definition) is 1. The van der Waals surface area contributed by atoms with Crippen molar-refractivity contribution in [1.29, 1.82) is 0 Å². The summed E-state index contributed by atoms with van der Waals surface area (Å²) in [5.41, 5.74) is 6.62. The van der Waals surface area contributed by atoms with Gasteiger partial charge in [-0.15, -0.1) is 0 Å². The highest BCUT2D eigenvalue weighted by atomic mass is 79.9. The molecule has 2 aliphatic rings. The molecule has 116 valence electrons. The fourth-order valence-corrected chi connectivity index (χ4v) is 3.84. The molecule has 21 heavy (non-hydrogen) atoms. The lowest BCUT2D eigenvalue weighted by molar-refractivity contribution is -0.191. The summed E-state index contributed by atoms with van der Waals surface area (Å²) >= 11 is 3.40. The van der Waals surface area contributed by atoms with Crippen LogP contribution >= 0.6 is 15.9 Å². The molecule has 1 aliphatic heterocycles. The quantitative estimate of drug-likeness (QED) is 0.723. The lowest BCUT2D eigenvalue weighted by Crippen LogP contribution is -2.47. The monoisotopic (exact) mass is 363 g/mol. The molecule has 0 radical (unpaired) electrons. The number of hydrogen-bond acceptors (Lipinski definition) is 2. The average molecular weight is 364 g/mol. The Balaban J connectivity index is 1.79. The number of nitrogens with two attached hydrogens (primary N) is 1. The summed E-state index contributed by atoms with van der Waals surface area (Å²) in [6.45, 7) is 0. The SMILES string of the molecule is N[C@H]1CC2(CCC(C(F)(F)F)CC2)Oc2ccc(Br)cc21. The number of benzene rings is 1. The Morgan fingerprint density at radius 3 is 2.52 bits per heavy atom. The Bertz CT molecular complexity index is 538. The lowest BCUT2D eigenvalue weighted by Gasteiger charge is -2.45. The molecule has 1 fully saturated rings. The largest absolute Gasteiger partial charge is 0.487 e. The summed E-state index contributed by atoms with van der Waals surface area (Å²) in [4.78, 5) is 0. The Morgan fingerprint density at radius 1 is 1.24 bits per heavy atom. The fourth-order valence-electron chi connectivity index (χ4n) is 3.47. The van der Waals surface area contributed by atoms with Crippen molar-refractivity contribution in [1.82, 2.24) is 0 Å². The molecule has 1 aromatic carbocycles. The van der Waals surface area contributed by atoms with Crippen LogP contribution in [0.1, 0.15) is 43.7 Å². The zero-order valence-electron chi connectivity index (χ0n) is 11.4. The first-order chi connectivity index (χ1) is 9.79. The van der Waals surface area contributed by atoms with Gasteiger partial charge in [0.2, 0.25) is 0 Å². The van der Waals surface area contributed by atoms with Gasteiger partial charge in [0.15, 0.2) is 0 Å². The molecule has 1 saturated carbocycles. The molecule has 0 amide bonds. The van der Waals surface area contributed by atoms with Crippen molar-refractivity contribution in [3.05, 3.63) is 28.2 Å². The minimum absolute atomic E-state index is 0.127. The Morgan fingerprint density at radius 2 is 1.90 bits per heavy atom. The van der Waals surface area contributed by atoms with Crippen LogP contribution in [-0.4, -0.2) is 11.8 Å². The minimum atomic E-state index is -4.10. The van der Waals surface area contributed by atoms with E-state index in [1.807, 2.05) is 18.2 Å². The number of rotatable bonds is 0. The zero-order chi connectivity index (χ0) is 15.3. The van der Waals surface area contributed by atoms with Gasteiger partial charge in [-0.25, -0.2) is 0 Å². The molecule has 0 unspecified atom stereocenters. The van der Waals surface area contributed by atoms with E-state index < -0.39 is 17.7 Å². The summed E-state index contributed by atoms with van der Waals surface area (Å²) in [5, 5.41) is 0. The van der Waals surface area contributed by atoms with E-state index in [0.717, 1.165) is 10.0 Å². The van der Waals surface area contributed by atoms with Gasteiger partial charge in [-0.1, -0.05) is 15.9 Å². The molecule has 1 atom stereocenters. The second-order valence-electron chi connectivity index (χ2n) is 6.09. The van der Waals surface area contributed by atoms with Crippen molar-refractivity contribution in [3.8, 4) is 5.75 Å². The number of halogens is 4. The normalized spacial score (nSPS) is 32.6. The van der Waals surface area contributed by atoms with Gasteiger partial charge in [0, 0.05) is 22.5 Å². The standard InChI is InChI=1S/C15H17BrF3NO/c16-10-1-2-13-11(7-10)12(20)8-14(21-13)5-3-9(4-6-14)15(17,18)19/h1-2,7,9,12H,3-6,8,20H2/t9?,12-,14?/m0/s1. The van der Waals surface area contributed by atoms with E-state index in [0.29, 0.717) is 25.0 Å². The molecular weight excluding hydrogens is 347 g/mol. The zero-order valence-corrected chi connectivity index (χ0v) is 13.0. The van der Waals surface area contributed by atoms with Gasteiger partial charge in [0.05, 0.1) is 5.92 Å². The molecule has 0 bridgehead atoms. The summed E-state index contributed by atoms with van der Waals surface area (Å²) in [6.07, 6.45) is -2.42. The summed E-state index contributed by atoms with van der Waals surface area (Å²) in [5.74, 6) is -0.489. The smallest absolute Gasteiger partial charge is 0.391 e. The van der Waals surface area contributed by atoms with Gasteiger partial charge in [-0.2, -0.15) is 13.2 Å². The minimum Gasteiger partial charge on any atom is -0.487 e. The van der Waals surface area contributed by atoms with Crippen LogP contribution in [0.15, 0.2) is 22.7 Å². The van der Waals surface area contributed by atoms with E-state index >= 15 is 0 Å². The molecule has 1 heterocycles. The van der Waals surface area contributed by atoms with E-state index in [4.69, 9.17) is 10.5 Å². The van der Waals surface area contributed by atoms with Gasteiger partial charge in [-0.05, 0) is 43.9 Å². The van der Waals surface area contributed by atoms with Crippen LogP contribution in [0, 0.1) is 5.92 Å². The van der Waals surface area contributed by atoms with Crippen LogP contribution in [0.5, 0.6) is 5.75 Å². The van der Waals surface area contributed by atoms with Gasteiger partial charge < -0.3 is 10.5 Å². The number of alkyl halides is 3. The van der Waals surface area contributed by atoms with E-state index in [1.165, 1.54) is 0 Å². The molecule has 6 heteroatoms. The van der Waals surface area contributed by atoms with Crippen molar-refractivity contribution in [2.45, 2.75) is 49.9 Å². The topological polar surface area (TPSA) is 35.2 Å². The third-order valence-corrected chi connectivity index (χ3v) is 5.14. The third-order valence-electron chi connectivity index (χ3n) is 4.65. The average Bonchev–Trinajstić information content (AvgIpc) is 2.39. The maximum Gasteiger partial charge on any atom is 0.391 e. The van der Waals surface area contributed by atoms with Crippen molar-refractivity contribution >= 4 is 15.9 Å². The summed E-state index contributed by atoms with van der Waals surface area (Å²) in [7, 11) is 0. The molecule has 2 N–H and O–H groups in total. The van der Waals surface area contributed by atoms with Crippen LogP contribution in [0.3, 0.4) is 0 Å². The third kappa shape index (κ3) is 2.93. The van der Waals surface area contributed by atoms with Crippen LogP contribution < -0.4 is 10.5 Å². The number of fused-ring (bicyclic) bond motifs is 1. The van der Waals surface area contributed by atoms with Crippen molar-refractivity contribution in [2.75, 3.05) is 0 Å². The fraction of sp³-hybridized carbons (Fsp3) is 0.600. The maximum absolute atomic E-state index is 12.8. The van der Waals surface area contributed by atoms with Gasteiger partial charge >= 0.3 is 6.18 Å². The molecule has 1 aliphatic carbocycles. The highest BCUT2D eigenvalue weighted by Crippen LogP contribution is 2.49. The Labute approximate surface area is 130 Å². The molecule has 1 spiro atoms. The maximum atomic E-state index is 12.8. The van der Waals surface area contributed by atoms with Crippen molar-refractivity contribution < 1.29 is 17.9 Å². The highest BCUT2D eigenvalue weighted by Gasteiger charge is 2.49. The first kappa shape index (κ1) is 15.2. The molecule has 0 saturated heterocycles. The predicted octanol–water partition coefficient (Wildman–Crippen LogP) is 4.72. The lowest BCUT2D eigenvalue weighted by atomic mass is 9.73. The van der Waals surface area contributed by atoms with Gasteiger partial charge in [0.1, 0.15) is 11.4 Å². The Hall–Kier alpha value is -0.750. The van der Waals surface area contributed by atoms with Crippen LogP contribution in [0.4, 0.5) is 13.2 Å². The Kier molecular flexibility index (Phi) is 3.72. The summed E-state index contributed by atoms with van der Waals surface area (Å²) in [6, 6.07) is 5.45. The molecule has 3 rings (SSSR count).